The molecule has 0 aliphatic carbocycles. The second-order valence-electron chi connectivity index (χ2n) is 5.86. The van der Waals surface area contributed by atoms with Crippen molar-refractivity contribution in [3.8, 4) is 0 Å². The SMILES string of the molecule is COC(=O)OC/C=C\[C@H](CC(C)C)NS(=O)(=O)c1ccc(C)cc1. The summed E-state index contributed by atoms with van der Waals surface area (Å²) in [5.41, 5.74) is 0.993. The Morgan fingerprint density at radius 1 is 1.25 bits per heavy atom. The third-order valence-corrected chi connectivity index (χ3v) is 4.70. The molecule has 24 heavy (non-hydrogen) atoms. The number of carbonyl (C=O) groups excluding carboxylic acids is 1. The van der Waals surface area contributed by atoms with Gasteiger partial charge in [0.05, 0.1) is 12.0 Å². The number of rotatable bonds is 8. The van der Waals surface area contributed by atoms with E-state index in [4.69, 9.17) is 4.74 Å². The van der Waals surface area contributed by atoms with Crippen molar-refractivity contribution in [1.82, 2.24) is 4.72 Å². The summed E-state index contributed by atoms with van der Waals surface area (Å²) in [6, 6.07) is 6.28. The highest BCUT2D eigenvalue weighted by Gasteiger charge is 2.19. The number of hydrogen-bond donors (Lipinski definition) is 1. The molecule has 0 aliphatic rings. The summed E-state index contributed by atoms with van der Waals surface area (Å²) in [6.45, 7) is 5.93. The van der Waals surface area contributed by atoms with Crippen molar-refractivity contribution in [2.24, 2.45) is 5.92 Å². The van der Waals surface area contributed by atoms with Crippen LogP contribution < -0.4 is 4.72 Å². The van der Waals surface area contributed by atoms with Crippen molar-refractivity contribution in [2.75, 3.05) is 13.7 Å². The molecule has 134 valence electrons. The van der Waals surface area contributed by atoms with E-state index in [0.717, 1.165) is 5.56 Å². The Kier molecular flexibility index (Phi) is 7.94. The number of ether oxygens (including phenoxy) is 2. The molecule has 1 aromatic carbocycles. The molecule has 7 heteroatoms. The largest absolute Gasteiger partial charge is 0.508 e. The maximum Gasteiger partial charge on any atom is 0.508 e. The monoisotopic (exact) mass is 355 g/mol. The highest BCUT2D eigenvalue weighted by Crippen LogP contribution is 2.13. The van der Waals surface area contributed by atoms with Crippen LogP contribution in [0.25, 0.3) is 0 Å². The molecule has 1 rings (SSSR count). The smallest absolute Gasteiger partial charge is 0.438 e. The van der Waals surface area contributed by atoms with Crippen LogP contribution >= 0.6 is 0 Å². The first kappa shape index (κ1) is 20.2. The van der Waals surface area contributed by atoms with Crippen molar-refractivity contribution in [1.29, 1.82) is 0 Å². The molecule has 0 radical (unpaired) electrons. The van der Waals surface area contributed by atoms with Gasteiger partial charge >= 0.3 is 6.16 Å². The maximum atomic E-state index is 12.5. The van der Waals surface area contributed by atoms with E-state index in [2.05, 4.69) is 9.46 Å². The highest BCUT2D eigenvalue weighted by atomic mass is 32.2. The van der Waals surface area contributed by atoms with Gasteiger partial charge in [-0.3, -0.25) is 0 Å². The van der Waals surface area contributed by atoms with Gasteiger partial charge in [0, 0.05) is 6.04 Å². The van der Waals surface area contributed by atoms with Gasteiger partial charge in [-0.1, -0.05) is 37.6 Å². The molecular weight excluding hydrogens is 330 g/mol. The molecule has 0 aromatic heterocycles. The highest BCUT2D eigenvalue weighted by molar-refractivity contribution is 7.89. The molecule has 0 saturated carbocycles. The number of aryl methyl sites for hydroxylation is 1. The van der Waals surface area contributed by atoms with Gasteiger partial charge in [0.15, 0.2) is 0 Å². The summed E-state index contributed by atoms with van der Waals surface area (Å²) in [7, 11) is -2.39. The van der Waals surface area contributed by atoms with Crippen LogP contribution in [0.4, 0.5) is 4.79 Å². The van der Waals surface area contributed by atoms with Crippen molar-refractivity contribution >= 4 is 16.2 Å². The first-order chi connectivity index (χ1) is 11.2. The summed E-state index contributed by atoms with van der Waals surface area (Å²) in [5.74, 6) is 0.293. The van der Waals surface area contributed by atoms with E-state index in [-0.39, 0.29) is 11.5 Å². The van der Waals surface area contributed by atoms with Crippen LogP contribution in [0.1, 0.15) is 25.8 Å². The van der Waals surface area contributed by atoms with Crippen molar-refractivity contribution in [2.45, 2.75) is 38.1 Å². The van der Waals surface area contributed by atoms with E-state index in [9.17, 15) is 13.2 Å². The van der Waals surface area contributed by atoms with Crippen molar-refractivity contribution in [3.63, 3.8) is 0 Å². The first-order valence-electron chi connectivity index (χ1n) is 7.71. The van der Waals surface area contributed by atoms with Crippen LogP contribution in [0.5, 0.6) is 0 Å². The summed E-state index contributed by atoms with van der Waals surface area (Å²) in [5, 5.41) is 0. The van der Waals surface area contributed by atoms with Crippen molar-refractivity contribution < 1.29 is 22.7 Å². The van der Waals surface area contributed by atoms with E-state index < -0.39 is 22.2 Å². The maximum absolute atomic E-state index is 12.5. The van der Waals surface area contributed by atoms with Crippen LogP contribution in [0.3, 0.4) is 0 Å². The lowest BCUT2D eigenvalue weighted by atomic mass is 10.0. The van der Waals surface area contributed by atoms with Crippen LogP contribution in [-0.4, -0.2) is 34.3 Å². The number of hydrogen-bond acceptors (Lipinski definition) is 5. The molecule has 0 unspecified atom stereocenters. The molecule has 1 aromatic rings. The minimum Gasteiger partial charge on any atom is -0.438 e. The van der Waals surface area contributed by atoms with Crippen LogP contribution in [-0.2, 0) is 19.5 Å². The summed E-state index contributed by atoms with van der Waals surface area (Å²) in [4.78, 5) is 11.1. The average Bonchev–Trinajstić information content (AvgIpc) is 2.50. The third-order valence-electron chi connectivity index (χ3n) is 3.20. The van der Waals surface area contributed by atoms with E-state index in [1.54, 1.807) is 36.4 Å². The molecular formula is C17H25NO5S. The molecule has 0 saturated heterocycles. The van der Waals surface area contributed by atoms with Gasteiger partial charge < -0.3 is 9.47 Å². The second-order valence-corrected chi connectivity index (χ2v) is 7.58. The van der Waals surface area contributed by atoms with Gasteiger partial charge in [-0.15, -0.1) is 0 Å². The predicted molar refractivity (Wildman–Crippen MR) is 92.2 cm³/mol. The first-order valence-corrected chi connectivity index (χ1v) is 9.19. The lowest BCUT2D eigenvalue weighted by Gasteiger charge is -2.17. The number of methoxy groups -OCH3 is 1. The Bertz CT molecular complexity index is 650. The Balaban J connectivity index is 2.79. The van der Waals surface area contributed by atoms with Gasteiger partial charge in [0.1, 0.15) is 6.61 Å². The van der Waals surface area contributed by atoms with Gasteiger partial charge in [-0.05, 0) is 37.5 Å². The fraction of sp³-hybridized carbons (Fsp3) is 0.471. The molecule has 1 atom stereocenters. The van der Waals surface area contributed by atoms with E-state index in [0.29, 0.717) is 12.3 Å². The normalized spacial score (nSPS) is 13.2. The predicted octanol–water partition coefficient (Wildman–Crippen LogP) is 3.03. The van der Waals surface area contributed by atoms with Gasteiger partial charge in [-0.25, -0.2) is 17.9 Å². The molecule has 0 aliphatic heterocycles. The Morgan fingerprint density at radius 2 is 1.88 bits per heavy atom. The van der Waals surface area contributed by atoms with Gasteiger partial charge in [-0.2, -0.15) is 0 Å². The van der Waals surface area contributed by atoms with Crippen LogP contribution in [0.15, 0.2) is 41.3 Å². The molecule has 0 heterocycles. The quantitative estimate of drug-likeness (QED) is 0.572. The zero-order valence-corrected chi connectivity index (χ0v) is 15.3. The fourth-order valence-electron chi connectivity index (χ4n) is 2.05. The Hall–Kier alpha value is -1.86. The lowest BCUT2D eigenvalue weighted by molar-refractivity contribution is 0.0817. The molecule has 0 fully saturated rings. The molecule has 6 nitrogen and oxygen atoms in total. The summed E-state index contributed by atoms with van der Waals surface area (Å²) in [6.07, 6.45) is 3.14. The third kappa shape index (κ3) is 7.14. The molecule has 0 bridgehead atoms. The van der Waals surface area contributed by atoms with E-state index in [1.807, 2.05) is 20.8 Å². The second kappa shape index (κ2) is 9.44. The molecule has 0 spiro atoms. The van der Waals surface area contributed by atoms with Gasteiger partial charge in [0.2, 0.25) is 10.0 Å². The van der Waals surface area contributed by atoms with E-state index >= 15 is 0 Å². The lowest BCUT2D eigenvalue weighted by Crippen LogP contribution is -2.34. The number of nitrogens with one attached hydrogen (secondary N) is 1. The zero-order valence-electron chi connectivity index (χ0n) is 14.5. The van der Waals surface area contributed by atoms with Crippen LogP contribution in [0.2, 0.25) is 0 Å². The Labute approximate surface area is 143 Å². The van der Waals surface area contributed by atoms with Crippen LogP contribution in [0, 0.1) is 12.8 Å². The summed E-state index contributed by atoms with van der Waals surface area (Å²) >= 11 is 0. The molecule has 0 amide bonds. The number of carbonyl (C=O) groups is 1. The number of benzene rings is 1. The topological polar surface area (TPSA) is 81.7 Å². The standard InChI is InChI=1S/C17H25NO5S/c1-13(2)12-15(6-5-11-23-17(19)22-4)18-24(20,21)16-9-7-14(3)8-10-16/h5-10,13,15,18H,11-12H2,1-4H3/b6-5-/t15-/m1/s1. The Morgan fingerprint density at radius 3 is 2.42 bits per heavy atom. The summed E-state index contributed by atoms with van der Waals surface area (Å²) < 4.78 is 36.7. The average molecular weight is 355 g/mol. The minimum absolute atomic E-state index is 0.0214. The zero-order chi connectivity index (χ0) is 18.2. The van der Waals surface area contributed by atoms with Crippen molar-refractivity contribution in [3.05, 3.63) is 42.0 Å². The fourth-order valence-corrected chi connectivity index (χ4v) is 3.26. The minimum atomic E-state index is -3.61. The van der Waals surface area contributed by atoms with E-state index in [1.165, 1.54) is 7.11 Å². The number of sulfonamides is 1. The molecule has 1 N–H and O–H groups in total. The van der Waals surface area contributed by atoms with Gasteiger partial charge in [0.25, 0.3) is 0 Å².